The van der Waals surface area contributed by atoms with Gasteiger partial charge in [-0.1, -0.05) is 0 Å². The van der Waals surface area contributed by atoms with Crippen molar-refractivity contribution >= 4 is 11.9 Å². The summed E-state index contributed by atoms with van der Waals surface area (Å²) < 4.78 is 0. The number of primary amides is 1. The van der Waals surface area contributed by atoms with Gasteiger partial charge in [0.05, 0.1) is 0 Å². The van der Waals surface area contributed by atoms with E-state index in [1.165, 1.54) is 0 Å². The van der Waals surface area contributed by atoms with Crippen LogP contribution in [0.2, 0.25) is 0 Å². The van der Waals surface area contributed by atoms with E-state index in [0.29, 0.717) is 0 Å². The number of hydrogen-bond acceptors (Lipinski definition) is 3. The molecule has 1 atom stereocenters. The molecule has 0 rings (SSSR count). The Morgan fingerprint density at radius 3 is 2.36 bits per heavy atom. The SMILES string of the molecule is NC(=O)C[C@H](N)CCC(=O)O. The average Bonchev–Trinajstić information content (AvgIpc) is 1.82. The van der Waals surface area contributed by atoms with Gasteiger partial charge in [0.2, 0.25) is 5.91 Å². The second kappa shape index (κ2) is 4.68. The highest BCUT2D eigenvalue weighted by molar-refractivity contribution is 5.74. The van der Waals surface area contributed by atoms with Crippen LogP contribution in [-0.4, -0.2) is 23.0 Å². The summed E-state index contributed by atoms with van der Waals surface area (Å²) in [5.41, 5.74) is 10.2. The van der Waals surface area contributed by atoms with Gasteiger partial charge in [-0.05, 0) is 6.42 Å². The number of carboxylic acids is 1. The van der Waals surface area contributed by atoms with Crippen LogP contribution < -0.4 is 11.5 Å². The number of carbonyl (C=O) groups excluding carboxylic acids is 1. The normalized spacial score (nSPS) is 12.5. The van der Waals surface area contributed by atoms with E-state index >= 15 is 0 Å². The number of nitrogens with two attached hydrogens (primary N) is 2. The summed E-state index contributed by atoms with van der Waals surface area (Å²) in [5, 5.41) is 8.22. The topological polar surface area (TPSA) is 106 Å². The molecule has 0 aliphatic heterocycles. The van der Waals surface area contributed by atoms with E-state index in [-0.39, 0.29) is 19.3 Å². The van der Waals surface area contributed by atoms with Crippen molar-refractivity contribution in [3.05, 3.63) is 0 Å². The number of carboxylic acid groups (broad SMARTS) is 1. The third-order valence-corrected chi connectivity index (χ3v) is 1.19. The quantitative estimate of drug-likeness (QED) is 0.482. The van der Waals surface area contributed by atoms with Crippen LogP contribution in [0.4, 0.5) is 0 Å². The molecular formula is C6H12N2O3. The molecule has 0 bridgehead atoms. The predicted octanol–water partition coefficient (Wildman–Crippen LogP) is -0.946. The first kappa shape index (κ1) is 9.90. The molecule has 0 aliphatic rings. The molecule has 0 aromatic rings. The maximum Gasteiger partial charge on any atom is 0.303 e. The van der Waals surface area contributed by atoms with E-state index in [1.54, 1.807) is 0 Å². The molecule has 0 saturated carbocycles. The van der Waals surface area contributed by atoms with Crippen molar-refractivity contribution in [3.63, 3.8) is 0 Å². The molecule has 11 heavy (non-hydrogen) atoms. The van der Waals surface area contributed by atoms with Gasteiger partial charge in [0.1, 0.15) is 0 Å². The molecule has 0 spiro atoms. The van der Waals surface area contributed by atoms with Gasteiger partial charge in [0.25, 0.3) is 0 Å². The molecule has 0 heterocycles. The second-order valence-corrected chi connectivity index (χ2v) is 2.36. The molecule has 64 valence electrons. The molecule has 0 radical (unpaired) electrons. The molecule has 0 aromatic heterocycles. The van der Waals surface area contributed by atoms with Crippen LogP contribution in [0.5, 0.6) is 0 Å². The first-order valence-corrected chi connectivity index (χ1v) is 3.28. The lowest BCUT2D eigenvalue weighted by molar-refractivity contribution is -0.137. The highest BCUT2D eigenvalue weighted by Crippen LogP contribution is 1.97. The van der Waals surface area contributed by atoms with Gasteiger partial charge in [-0.3, -0.25) is 9.59 Å². The molecule has 5 N–H and O–H groups in total. The molecule has 0 unspecified atom stereocenters. The van der Waals surface area contributed by atoms with E-state index in [2.05, 4.69) is 0 Å². The Labute approximate surface area is 64.4 Å². The van der Waals surface area contributed by atoms with E-state index in [4.69, 9.17) is 16.6 Å². The van der Waals surface area contributed by atoms with Crippen molar-refractivity contribution in [2.24, 2.45) is 11.5 Å². The van der Waals surface area contributed by atoms with Crippen molar-refractivity contribution in [1.29, 1.82) is 0 Å². The fourth-order valence-corrected chi connectivity index (χ4v) is 0.669. The minimum atomic E-state index is -0.912. The zero-order chi connectivity index (χ0) is 8.85. The summed E-state index contributed by atoms with van der Waals surface area (Å²) >= 11 is 0. The molecule has 0 fully saturated rings. The van der Waals surface area contributed by atoms with Crippen LogP contribution >= 0.6 is 0 Å². The van der Waals surface area contributed by atoms with E-state index in [9.17, 15) is 9.59 Å². The van der Waals surface area contributed by atoms with Crippen LogP contribution in [-0.2, 0) is 9.59 Å². The molecule has 5 heteroatoms. The van der Waals surface area contributed by atoms with Gasteiger partial charge in [-0.2, -0.15) is 0 Å². The number of rotatable bonds is 5. The highest BCUT2D eigenvalue weighted by Gasteiger charge is 2.07. The standard InChI is InChI=1S/C6H12N2O3/c7-4(3-5(8)9)1-2-6(10)11/h4H,1-3,7H2,(H2,8,9)(H,10,11)/t4-/m1/s1. The molecule has 1 amide bonds. The van der Waals surface area contributed by atoms with Gasteiger partial charge >= 0.3 is 5.97 Å². The van der Waals surface area contributed by atoms with Crippen LogP contribution in [0.15, 0.2) is 0 Å². The Morgan fingerprint density at radius 1 is 1.45 bits per heavy atom. The van der Waals surface area contributed by atoms with Crippen molar-refractivity contribution in [2.45, 2.75) is 25.3 Å². The number of amides is 1. The average molecular weight is 160 g/mol. The van der Waals surface area contributed by atoms with Crippen molar-refractivity contribution in [1.82, 2.24) is 0 Å². The fraction of sp³-hybridized carbons (Fsp3) is 0.667. The molecule has 0 saturated heterocycles. The molecule has 5 nitrogen and oxygen atoms in total. The summed E-state index contributed by atoms with van der Waals surface area (Å²) in [4.78, 5) is 20.3. The van der Waals surface area contributed by atoms with Gasteiger partial charge in [-0.15, -0.1) is 0 Å². The van der Waals surface area contributed by atoms with Crippen molar-refractivity contribution in [2.75, 3.05) is 0 Å². The Kier molecular flexibility index (Phi) is 4.21. The summed E-state index contributed by atoms with van der Waals surface area (Å²) in [6.45, 7) is 0. The smallest absolute Gasteiger partial charge is 0.303 e. The Morgan fingerprint density at radius 2 is 2.00 bits per heavy atom. The van der Waals surface area contributed by atoms with Gasteiger partial charge in [0.15, 0.2) is 0 Å². The summed E-state index contributed by atoms with van der Waals surface area (Å²) in [6, 6.07) is -0.427. The van der Waals surface area contributed by atoms with Crippen LogP contribution in [0.25, 0.3) is 0 Å². The molecule has 0 aromatic carbocycles. The summed E-state index contributed by atoms with van der Waals surface area (Å²) in [7, 11) is 0. The minimum Gasteiger partial charge on any atom is -0.481 e. The maximum absolute atomic E-state index is 10.2. The summed E-state index contributed by atoms with van der Waals surface area (Å²) in [6.07, 6.45) is 0.319. The molecule has 0 aliphatic carbocycles. The van der Waals surface area contributed by atoms with Crippen LogP contribution in [0, 0.1) is 0 Å². The third-order valence-electron chi connectivity index (χ3n) is 1.19. The zero-order valence-electron chi connectivity index (χ0n) is 6.12. The first-order chi connectivity index (χ1) is 5.02. The maximum atomic E-state index is 10.2. The monoisotopic (exact) mass is 160 g/mol. The Balaban J connectivity index is 3.44. The third kappa shape index (κ3) is 6.79. The van der Waals surface area contributed by atoms with Crippen LogP contribution in [0.1, 0.15) is 19.3 Å². The van der Waals surface area contributed by atoms with Gasteiger partial charge in [-0.25, -0.2) is 0 Å². The minimum absolute atomic E-state index is 0.0194. The van der Waals surface area contributed by atoms with Gasteiger partial charge in [0, 0.05) is 18.9 Å². The van der Waals surface area contributed by atoms with Crippen LogP contribution in [0.3, 0.4) is 0 Å². The lowest BCUT2D eigenvalue weighted by Crippen LogP contribution is -2.27. The number of carbonyl (C=O) groups is 2. The van der Waals surface area contributed by atoms with Crippen molar-refractivity contribution < 1.29 is 14.7 Å². The van der Waals surface area contributed by atoms with Crippen molar-refractivity contribution in [3.8, 4) is 0 Å². The lowest BCUT2D eigenvalue weighted by atomic mass is 10.1. The van der Waals surface area contributed by atoms with E-state index in [0.717, 1.165) is 0 Å². The lowest BCUT2D eigenvalue weighted by Gasteiger charge is -2.05. The Hall–Kier alpha value is -1.10. The van der Waals surface area contributed by atoms with E-state index < -0.39 is 17.9 Å². The highest BCUT2D eigenvalue weighted by atomic mass is 16.4. The largest absolute Gasteiger partial charge is 0.481 e. The summed E-state index contributed by atoms with van der Waals surface area (Å²) in [5.74, 6) is -1.41. The Bertz CT molecular complexity index is 158. The number of hydrogen-bond donors (Lipinski definition) is 3. The number of aliphatic carboxylic acids is 1. The van der Waals surface area contributed by atoms with E-state index in [1.807, 2.05) is 0 Å². The zero-order valence-corrected chi connectivity index (χ0v) is 6.12. The fourth-order valence-electron chi connectivity index (χ4n) is 0.669. The predicted molar refractivity (Wildman–Crippen MR) is 38.7 cm³/mol. The molecular weight excluding hydrogens is 148 g/mol. The second-order valence-electron chi connectivity index (χ2n) is 2.36. The van der Waals surface area contributed by atoms with Gasteiger partial charge < -0.3 is 16.6 Å². The first-order valence-electron chi connectivity index (χ1n) is 3.28.